The molecule has 0 aromatic rings. The van der Waals surface area contributed by atoms with Crippen LogP contribution in [0.4, 0.5) is 0 Å². The lowest BCUT2D eigenvalue weighted by atomic mass is 9.74. The minimum Gasteiger partial charge on any atom is -0.329 e. The Hall–Kier alpha value is -0.0800. The Bertz CT molecular complexity index is 215. The molecule has 1 aliphatic carbocycles. The maximum atomic E-state index is 6.10. The smallest absolute Gasteiger partial charge is 0.0334 e. The van der Waals surface area contributed by atoms with Crippen LogP contribution < -0.4 is 5.73 Å². The molecule has 3 unspecified atom stereocenters. The minimum atomic E-state index is 0.265. The molecule has 0 aromatic heterocycles. The van der Waals surface area contributed by atoms with Crippen LogP contribution in [0.1, 0.15) is 53.4 Å². The normalized spacial score (nSPS) is 33.4. The van der Waals surface area contributed by atoms with Crippen LogP contribution >= 0.6 is 0 Å². The van der Waals surface area contributed by atoms with E-state index in [0.717, 1.165) is 12.5 Å². The largest absolute Gasteiger partial charge is 0.329 e. The van der Waals surface area contributed by atoms with E-state index >= 15 is 0 Å². The van der Waals surface area contributed by atoms with Crippen molar-refractivity contribution in [1.82, 2.24) is 4.90 Å². The van der Waals surface area contributed by atoms with Crippen molar-refractivity contribution in [2.24, 2.45) is 17.6 Å². The van der Waals surface area contributed by atoms with Crippen LogP contribution in [0, 0.1) is 11.8 Å². The van der Waals surface area contributed by atoms with Gasteiger partial charge in [0.1, 0.15) is 0 Å². The van der Waals surface area contributed by atoms with Crippen LogP contribution in [-0.2, 0) is 0 Å². The van der Waals surface area contributed by atoms with Gasteiger partial charge in [0.2, 0.25) is 0 Å². The Morgan fingerprint density at radius 2 is 2.00 bits per heavy atom. The van der Waals surface area contributed by atoms with Crippen molar-refractivity contribution in [2.45, 2.75) is 65.0 Å². The van der Waals surface area contributed by atoms with Gasteiger partial charge in [-0.15, -0.1) is 0 Å². The number of likely N-dealkylation sites (N-methyl/N-ethyl adjacent to an activating group) is 1. The summed E-state index contributed by atoms with van der Waals surface area (Å²) in [5.41, 5.74) is 6.36. The Morgan fingerprint density at radius 3 is 2.44 bits per heavy atom. The van der Waals surface area contributed by atoms with Gasteiger partial charge >= 0.3 is 0 Å². The van der Waals surface area contributed by atoms with Crippen LogP contribution in [0.3, 0.4) is 0 Å². The van der Waals surface area contributed by atoms with Crippen molar-refractivity contribution in [1.29, 1.82) is 0 Å². The molecule has 2 nitrogen and oxygen atoms in total. The fourth-order valence-electron chi connectivity index (χ4n) is 3.16. The highest BCUT2D eigenvalue weighted by molar-refractivity contribution is 4.96. The van der Waals surface area contributed by atoms with Crippen LogP contribution in [0.2, 0.25) is 0 Å². The molecule has 0 aromatic carbocycles. The topological polar surface area (TPSA) is 29.3 Å². The second-order valence-electron chi connectivity index (χ2n) is 6.23. The van der Waals surface area contributed by atoms with E-state index in [0.29, 0.717) is 12.0 Å². The quantitative estimate of drug-likeness (QED) is 0.798. The maximum absolute atomic E-state index is 6.10. The highest BCUT2D eigenvalue weighted by Gasteiger charge is 2.39. The van der Waals surface area contributed by atoms with Crippen LogP contribution in [-0.4, -0.2) is 30.1 Å². The molecule has 16 heavy (non-hydrogen) atoms. The highest BCUT2D eigenvalue weighted by Crippen LogP contribution is 2.37. The Balaban J connectivity index is 2.78. The summed E-state index contributed by atoms with van der Waals surface area (Å²) in [5.74, 6) is 1.53. The van der Waals surface area contributed by atoms with Crippen LogP contribution in [0.5, 0.6) is 0 Å². The Morgan fingerprint density at radius 1 is 1.38 bits per heavy atom. The molecule has 96 valence electrons. The lowest BCUT2D eigenvalue weighted by Gasteiger charge is -2.49. The summed E-state index contributed by atoms with van der Waals surface area (Å²) < 4.78 is 0. The maximum Gasteiger partial charge on any atom is 0.0334 e. The molecular formula is C14H30N2. The predicted molar refractivity (Wildman–Crippen MR) is 71.5 cm³/mol. The second-order valence-corrected chi connectivity index (χ2v) is 6.23. The average Bonchev–Trinajstić information content (AvgIpc) is 2.26. The average molecular weight is 226 g/mol. The monoisotopic (exact) mass is 226 g/mol. The van der Waals surface area contributed by atoms with Gasteiger partial charge in [-0.05, 0) is 38.6 Å². The van der Waals surface area contributed by atoms with E-state index in [2.05, 4.69) is 39.6 Å². The summed E-state index contributed by atoms with van der Waals surface area (Å²) in [6.07, 6.45) is 5.28. The van der Waals surface area contributed by atoms with Gasteiger partial charge in [-0.2, -0.15) is 0 Å². The third-order valence-corrected chi connectivity index (χ3v) is 4.77. The minimum absolute atomic E-state index is 0.265. The van der Waals surface area contributed by atoms with E-state index in [1.165, 1.54) is 25.7 Å². The molecule has 0 amide bonds. The SMILES string of the molecule is CC1CCCC(CN)(N(C)C(C)C(C)C)C1. The molecule has 0 saturated heterocycles. The van der Waals surface area contributed by atoms with Gasteiger partial charge in [0.05, 0.1) is 0 Å². The van der Waals surface area contributed by atoms with Gasteiger partial charge in [-0.25, -0.2) is 0 Å². The van der Waals surface area contributed by atoms with Crippen molar-refractivity contribution in [3.8, 4) is 0 Å². The summed E-state index contributed by atoms with van der Waals surface area (Å²) in [5, 5.41) is 0. The standard InChI is InChI=1S/C14H30N2/c1-11(2)13(4)16(5)14(10-15)8-6-7-12(3)9-14/h11-13H,6-10,15H2,1-5H3. The van der Waals surface area contributed by atoms with E-state index in [9.17, 15) is 0 Å². The number of hydrogen-bond acceptors (Lipinski definition) is 2. The lowest BCUT2D eigenvalue weighted by molar-refractivity contribution is 0.0179. The molecule has 0 radical (unpaired) electrons. The highest BCUT2D eigenvalue weighted by atomic mass is 15.2. The van der Waals surface area contributed by atoms with Crippen molar-refractivity contribution in [3.63, 3.8) is 0 Å². The zero-order chi connectivity index (χ0) is 12.3. The lowest BCUT2D eigenvalue weighted by Crippen LogP contribution is -2.58. The molecule has 1 rings (SSSR count). The molecule has 0 bridgehead atoms. The summed E-state index contributed by atoms with van der Waals surface area (Å²) >= 11 is 0. The summed E-state index contributed by atoms with van der Waals surface area (Å²) in [6.45, 7) is 10.1. The van der Waals surface area contributed by atoms with Gasteiger partial charge in [-0.3, -0.25) is 4.90 Å². The molecular weight excluding hydrogens is 196 g/mol. The first-order valence-electron chi connectivity index (χ1n) is 6.86. The Kier molecular flexibility index (Phi) is 4.81. The van der Waals surface area contributed by atoms with Crippen molar-refractivity contribution in [3.05, 3.63) is 0 Å². The molecule has 0 heterocycles. The van der Waals surface area contributed by atoms with Gasteiger partial charge < -0.3 is 5.73 Å². The number of rotatable bonds is 4. The zero-order valence-corrected chi connectivity index (χ0v) is 11.8. The van der Waals surface area contributed by atoms with Gasteiger partial charge in [0.25, 0.3) is 0 Å². The van der Waals surface area contributed by atoms with Gasteiger partial charge in [0, 0.05) is 18.1 Å². The first-order chi connectivity index (χ1) is 7.43. The summed E-state index contributed by atoms with van der Waals surface area (Å²) in [4.78, 5) is 2.56. The van der Waals surface area contributed by atoms with E-state index in [-0.39, 0.29) is 5.54 Å². The van der Waals surface area contributed by atoms with Crippen molar-refractivity contribution >= 4 is 0 Å². The summed E-state index contributed by atoms with van der Waals surface area (Å²) in [7, 11) is 2.27. The molecule has 1 saturated carbocycles. The fraction of sp³-hybridized carbons (Fsp3) is 1.00. The zero-order valence-electron chi connectivity index (χ0n) is 11.8. The third kappa shape index (κ3) is 2.78. The Labute approximate surface area is 102 Å². The van der Waals surface area contributed by atoms with E-state index in [1.54, 1.807) is 0 Å². The van der Waals surface area contributed by atoms with Crippen LogP contribution in [0.25, 0.3) is 0 Å². The van der Waals surface area contributed by atoms with Crippen LogP contribution in [0.15, 0.2) is 0 Å². The number of nitrogens with two attached hydrogens (primary N) is 1. The molecule has 1 aliphatic rings. The third-order valence-electron chi connectivity index (χ3n) is 4.77. The van der Waals surface area contributed by atoms with E-state index in [4.69, 9.17) is 5.73 Å². The molecule has 2 N–H and O–H groups in total. The van der Waals surface area contributed by atoms with E-state index < -0.39 is 0 Å². The first-order valence-corrected chi connectivity index (χ1v) is 6.86. The number of nitrogens with zero attached hydrogens (tertiary/aromatic N) is 1. The van der Waals surface area contributed by atoms with Crippen molar-refractivity contribution in [2.75, 3.05) is 13.6 Å². The van der Waals surface area contributed by atoms with E-state index in [1.807, 2.05) is 0 Å². The second kappa shape index (κ2) is 5.50. The molecule has 0 spiro atoms. The fourth-order valence-corrected chi connectivity index (χ4v) is 3.16. The molecule has 3 atom stereocenters. The van der Waals surface area contributed by atoms with Gasteiger partial charge in [0.15, 0.2) is 0 Å². The van der Waals surface area contributed by atoms with Gasteiger partial charge in [-0.1, -0.05) is 33.6 Å². The molecule has 1 fully saturated rings. The molecule has 2 heteroatoms. The number of hydrogen-bond donors (Lipinski definition) is 1. The predicted octanol–water partition coefficient (Wildman–Crippen LogP) is 2.87. The first kappa shape index (κ1) is 14.0. The summed E-state index contributed by atoms with van der Waals surface area (Å²) in [6, 6.07) is 0.619. The molecule has 0 aliphatic heterocycles. The van der Waals surface area contributed by atoms with Crippen molar-refractivity contribution < 1.29 is 0 Å².